The molecule has 0 aliphatic carbocycles. The maximum Gasteiger partial charge on any atom is 0.300 e. The van der Waals surface area contributed by atoms with Crippen LogP contribution in [0, 0.1) is 0 Å². The first-order chi connectivity index (χ1) is 8.93. The van der Waals surface area contributed by atoms with Gasteiger partial charge in [0.15, 0.2) is 11.5 Å². The topological polar surface area (TPSA) is 115 Å². The lowest BCUT2D eigenvalue weighted by molar-refractivity contribution is -0.135. The van der Waals surface area contributed by atoms with Crippen molar-refractivity contribution in [1.82, 2.24) is 0 Å². The number of carboxylic acids is 2. The van der Waals surface area contributed by atoms with Crippen LogP contribution in [0.25, 0.3) is 0 Å². The number of hydrogen-bond donors (Lipinski definition) is 4. The number of aromatic hydroxyl groups is 2. The lowest BCUT2D eigenvalue weighted by Gasteiger charge is -2.06. The molecule has 0 aliphatic heterocycles. The molecule has 10 heteroatoms. The lowest BCUT2D eigenvalue weighted by Crippen LogP contribution is -1.78. The average molecular weight is 368 g/mol. The summed E-state index contributed by atoms with van der Waals surface area (Å²) in [6, 6.07) is 0. The van der Waals surface area contributed by atoms with Crippen LogP contribution in [-0.4, -0.2) is 32.4 Å². The van der Waals surface area contributed by atoms with Crippen LogP contribution < -0.4 is 0 Å². The van der Waals surface area contributed by atoms with E-state index in [4.69, 9.17) is 76.4 Å². The van der Waals surface area contributed by atoms with Gasteiger partial charge in [-0.2, -0.15) is 0 Å². The summed E-state index contributed by atoms with van der Waals surface area (Å²) in [5.41, 5.74) is 0. The van der Waals surface area contributed by atoms with Crippen molar-refractivity contribution in [1.29, 1.82) is 0 Å². The van der Waals surface area contributed by atoms with Crippen molar-refractivity contribution in [3.05, 3.63) is 20.1 Å². The van der Waals surface area contributed by atoms with E-state index in [1.807, 2.05) is 0 Å². The van der Waals surface area contributed by atoms with Crippen LogP contribution in [0.3, 0.4) is 0 Å². The molecule has 20 heavy (non-hydrogen) atoms. The molecule has 6 nitrogen and oxygen atoms in total. The normalized spacial score (nSPS) is 8.70. The molecule has 1 aromatic rings. The number of rotatable bonds is 0. The molecule has 0 radical (unpaired) electrons. The number of benzene rings is 1. The zero-order valence-corrected chi connectivity index (χ0v) is 13.1. The van der Waals surface area contributed by atoms with Crippen LogP contribution in [-0.2, 0) is 9.59 Å². The van der Waals surface area contributed by atoms with Gasteiger partial charge < -0.3 is 20.4 Å². The zero-order chi connectivity index (χ0) is 16.6. The van der Waals surface area contributed by atoms with Gasteiger partial charge in [-0.15, -0.1) is 0 Å². The molecule has 114 valence electrons. The van der Waals surface area contributed by atoms with E-state index in [1.54, 1.807) is 0 Å². The third-order valence-corrected chi connectivity index (χ3v) is 2.88. The van der Waals surface area contributed by atoms with Crippen molar-refractivity contribution in [2.45, 2.75) is 13.8 Å². The van der Waals surface area contributed by atoms with Crippen LogP contribution in [0.4, 0.5) is 0 Å². The summed E-state index contributed by atoms with van der Waals surface area (Å²) in [5.74, 6) is -2.54. The SMILES string of the molecule is CC(=O)O.CC(=O)O.Oc1c(Cl)c(Cl)c(O)c(Cl)c1Cl. The van der Waals surface area contributed by atoms with Crippen molar-refractivity contribution in [2.24, 2.45) is 0 Å². The summed E-state index contributed by atoms with van der Waals surface area (Å²) in [4.78, 5) is 18.0. The van der Waals surface area contributed by atoms with Crippen LogP contribution in [0.2, 0.25) is 20.1 Å². The van der Waals surface area contributed by atoms with E-state index in [-0.39, 0.29) is 20.1 Å². The molecule has 0 amide bonds. The second-order valence-corrected chi connectivity index (χ2v) is 4.50. The van der Waals surface area contributed by atoms with Crippen LogP contribution in [0.5, 0.6) is 11.5 Å². The second-order valence-electron chi connectivity index (χ2n) is 2.99. The molecular formula is C10H10Cl4O6. The Hall–Kier alpha value is -1.08. The van der Waals surface area contributed by atoms with Gasteiger partial charge >= 0.3 is 0 Å². The lowest BCUT2D eigenvalue weighted by atomic mass is 10.3. The fourth-order valence-electron chi connectivity index (χ4n) is 0.609. The Morgan fingerprint density at radius 2 is 0.800 bits per heavy atom. The van der Waals surface area contributed by atoms with Gasteiger partial charge in [0.25, 0.3) is 11.9 Å². The molecular weight excluding hydrogens is 358 g/mol. The number of phenols is 2. The summed E-state index contributed by atoms with van der Waals surface area (Å²) in [6.07, 6.45) is 0. The molecule has 0 atom stereocenters. The first-order valence-electron chi connectivity index (χ1n) is 4.56. The first kappa shape index (κ1) is 21.2. The van der Waals surface area contributed by atoms with E-state index >= 15 is 0 Å². The average Bonchev–Trinajstić information content (AvgIpc) is 2.30. The second kappa shape index (κ2) is 9.77. The Morgan fingerprint density at radius 1 is 0.700 bits per heavy atom. The van der Waals surface area contributed by atoms with E-state index in [9.17, 15) is 0 Å². The largest absolute Gasteiger partial charge is 0.505 e. The zero-order valence-electron chi connectivity index (χ0n) is 10.1. The van der Waals surface area contributed by atoms with Gasteiger partial charge in [0.1, 0.15) is 20.1 Å². The quantitative estimate of drug-likeness (QED) is 0.408. The maximum absolute atomic E-state index is 9.15. The Kier molecular flexibility index (Phi) is 10.4. The Morgan fingerprint density at radius 3 is 0.900 bits per heavy atom. The third-order valence-electron chi connectivity index (χ3n) is 1.22. The highest BCUT2D eigenvalue weighted by Gasteiger charge is 2.18. The molecule has 0 aromatic heterocycles. The third kappa shape index (κ3) is 8.16. The standard InChI is InChI=1S/C6H2Cl4O2.2C2H4O2/c7-1-2(8)6(12)4(10)3(9)5(1)11;2*1-2(3)4/h11-12H;2*1H3,(H,3,4). The fraction of sp³-hybridized carbons (Fsp3) is 0.200. The summed E-state index contributed by atoms with van der Waals surface area (Å²) in [7, 11) is 0. The summed E-state index contributed by atoms with van der Waals surface area (Å²) < 4.78 is 0. The highest BCUT2D eigenvalue weighted by Crippen LogP contribution is 2.48. The maximum atomic E-state index is 9.15. The van der Waals surface area contributed by atoms with Crippen molar-refractivity contribution in [3.8, 4) is 11.5 Å². The summed E-state index contributed by atoms with van der Waals surface area (Å²) >= 11 is 21.9. The van der Waals surface area contributed by atoms with Crippen molar-refractivity contribution >= 4 is 58.3 Å². The van der Waals surface area contributed by atoms with Crippen LogP contribution in [0.15, 0.2) is 0 Å². The van der Waals surface area contributed by atoms with Gasteiger partial charge in [0, 0.05) is 13.8 Å². The molecule has 0 bridgehead atoms. The van der Waals surface area contributed by atoms with Crippen molar-refractivity contribution in [2.75, 3.05) is 0 Å². The molecule has 0 heterocycles. The Labute approximate surface area is 134 Å². The van der Waals surface area contributed by atoms with Crippen LogP contribution in [0.1, 0.15) is 13.8 Å². The first-order valence-corrected chi connectivity index (χ1v) is 6.07. The van der Waals surface area contributed by atoms with Gasteiger partial charge in [0.05, 0.1) is 0 Å². The van der Waals surface area contributed by atoms with E-state index in [0.29, 0.717) is 0 Å². The molecule has 1 aromatic carbocycles. The van der Waals surface area contributed by atoms with E-state index in [2.05, 4.69) is 0 Å². The fourth-order valence-corrected chi connectivity index (χ4v) is 1.44. The molecule has 0 spiro atoms. The smallest absolute Gasteiger partial charge is 0.300 e. The Bertz CT molecular complexity index is 378. The van der Waals surface area contributed by atoms with E-state index < -0.39 is 23.4 Å². The number of phenolic OH excluding ortho intramolecular Hbond substituents is 2. The Balaban J connectivity index is 0. The number of aliphatic carboxylic acids is 2. The molecule has 0 saturated heterocycles. The number of carboxylic acid groups (broad SMARTS) is 2. The molecule has 0 unspecified atom stereocenters. The highest BCUT2D eigenvalue weighted by atomic mass is 35.5. The van der Waals surface area contributed by atoms with Gasteiger partial charge in [-0.3, -0.25) is 9.59 Å². The van der Waals surface area contributed by atoms with Crippen LogP contribution >= 0.6 is 46.4 Å². The van der Waals surface area contributed by atoms with Crippen molar-refractivity contribution in [3.63, 3.8) is 0 Å². The van der Waals surface area contributed by atoms with Gasteiger partial charge in [-0.05, 0) is 0 Å². The minimum Gasteiger partial charge on any atom is -0.505 e. The van der Waals surface area contributed by atoms with E-state index in [1.165, 1.54) is 0 Å². The van der Waals surface area contributed by atoms with Crippen molar-refractivity contribution < 1.29 is 30.0 Å². The van der Waals surface area contributed by atoms with Gasteiger partial charge in [-0.25, -0.2) is 0 Å². The summed E-state index contributed by atoms with van der Waals surface area (Å²) in [6.45, 7) is 2.17. The van der Waals surface area contributed by atoms with E-state index in [0.717, 1.165) is 13.8 Å². The molecule has 0 saturated carbocycles. The highest BCUT2D eigenvalue weighted by molar-refractivity contribution is 6.50. The van der Waals surface area contributed by atoms with Gasteiger partial charge in [-0.1, -0.05) is 46.4 Å². The number of halogens is 4. The summed E-state index contributed by atoms with van der Waals surface area (Å²) in [5, 5.41) is 32.3. The predicted molar refractivity (Wildman–Crippen MR) is 76.4 cm³/mol. The minimum absolute atomic E-state index is 0.219. The molecule has 4 N–H and O–H groups in total. The number of carbonyl (C=O) groups is 2. The monoisotopic (exact) mass is 366 g/mol. The molecule has 0 aliphatic rings. The number of hydrogen-bond acceptors (Lipinski definition) is 4. The predicted octanol–water partition coefficient (Wildman–Crippen LogP) is 3.89. The molecule has 1 rings (SSSR count). The van der Waals surface area contributed by atoms with Gasteiger partial charge in [0.2, 0.25) is 0 Å². The minimum atomic E-state index is -0.833. The molecule has 0 fully saturated rings.